The van der Waals surface area contributed by atoms with Crippen molar-refractivity contribution in [2.24, 2.45) is 0 Å². The monoisotopic (exact) mass is 338 g/mol. The van der Waals surface area contributed by atoms with Gasteiger partial charge in [-0.15, -0.1) is 0 Å². The predicted octanol–water partition coefficient (Wildman–Crippen LogP) is 3.71. The van der Waals surface area contributed by atoms with Gasteiger partial charge in [-0.1, -0.05) is 42.5 Å². The summed E-state index contributed by atoms with van der Waals surface area (Å²) in [6, 6.07) is 15.8. The maximum atomic E-state index is 12.8. The number of anilines is 1. The van der Waals surface area contributed by atoms with E-state index in [1.54, 1.807) is 9.80 Å². The summed E-state index contributed by atoms with van der Waals surface area (Å²) < 4.78 is 0. The van der Waals surface area contributed by atoms with Crippen molar-refractivity contribution in [2.45, 2.75) is 34.2 Å². The molecule has 0 aromatic heterocycles. The smallest absolute Gasteiger partial charge is 0.242 e. The molecule has 0 saturated heterocycles. The molecule has 0 fully saturated rings. The summed E-state index contributed by atoms with van der Waals surface area (Å²) in [7, 11) is 0. The summed E-state index contributed by atoms with van der Waals surface area (Å²) in [5.41, 5.74) is 3.94. The van der Waals surface area contributed by atoms with Gasteiger partial charge < -0.3 is 9.80 Å². The van der Waals surface area contributed by atoms with E-state index in [-0.39, 0.29) is 18.4 Å². The van der Waals surface area contributed by atoms with E-state index in [2.05, 4.69) is 0 Å². The van der Waals surface area contributed by atoms with Gasteiger partial charge in [-0.05, 0) is 43.5 Å². The quantitative estimate of drug-likeness (QED) is 0.806. The number of benzene rings is 2. The number of carbonyl (C=O) groups excluding carboxylic acids is 2. The van der Waals surface area contributed by atoms with Crippen LogP contribution in [0.2, 0.25) is 0 Å². The Kier molecular flexibility index (Phi) is 6.34. The van der Waals surface area contributed by atoms with Gasteiger partial charge in [0.2, 0.25) is 11.8 Å². The molecule has 2 amide bonds. The molecule has 0 atom stereocenters. The first-order valence-corrected chi connectivity index (χ1v) is 8.59. The van der Waals surface area contributed by atoms with E-state index in [0.717, 1.165) is 22.4 Å². The fourth-order valence-corrected chi connectivity index (χ4v) is 2.79. The summed E-state index contributed by atoms with van der Waals surface area (Å²) in [5.74, 6) is -0.180. The van der Waals surface area contributed by atoms with Gasteiger partial charge in [-0.3, -0.25) is 9.59 Å². The minimum Gasteiger partial charge on any atom is -0.337 e. The van der Waals surface area contributed by atoms with Crippen molar-refractivity contribution in [2.75, 3.05) is 18.0 Å². The van der Waals surface area contributed by atoms with Gasteiger partial charge in [0.15, 0.2) is 0 Å². The van der Waals surface area contributed by atoms with Crippen LogP contribution in [-0.2, 0) is 16.1 Å². The highest BCUT2D eigenvalue weighted by atomic mass is 16.2. The van der Waals surface area contributed by atoms with Crippen LogP contribution in [0, 0.1) is 13.8 Å². The molecule has 0 bridgehead atoms. The number of rotatable bonds is 6. The van der Waals surface area contributed by atoms with Gasteiger partial charge in [-0.2, -0.15) is 0 Å². The first kappa shape index (κ1) is 18.7. The number of carbonyl (C=O) groups is 2. The van der Waals surface area contributed by atoms with Crippen molar-refractivity contribution in [3.8, 4) is 0 Å². The molecule has 0 aliphatic heterocycles. The molecule has 0 unspecified atom stereocenters. The van der Waals surface area contributed by atoms with Crippen LogP contribution in [-0.4, -0.2) is 29.8 Å². The minimum atomic E-state index is -0.127. The van der Waals surface area contributed by atoms with Gasteiger partial charge in [0.1, 0.15) is 6.54 Å². The lowest BCUT2D eigenvalue weighted by Gasteiger charge is -2.27. The number of hydrogen-bond acceptors (Lipinski definition) is 2. The lowest BCUT2D eigenvalue weighted by Crippen LogP contribution is -2.42. The Morgan fingerprint density at radius 3 is 2.28 bits per heavy atom. The highest BCUT2D eigenvalue weighted by Crippen LogP contribution is 2.22. The lowest BCUT2D eigenvalue weighted by molar-refractivity contribution is -0.131. The summed E-state index contributed by atoms with van der Waals surface area (Å²) in [6.07, 6.45) is 0. The molecule has 0 saturated carbocycles. The number of aryl methyl sites for hydroxylation is 2. The number of likely N-dealkylation sites (N-methyl/N-ethyl adjacent to an activating group) is 1. The van der Waals surface area contributed by atoms with Crippen LogP contribution < -0.4 is 4.90 Å². The second kappa shape index (κ2) is 8.47. The second-order valence-electron chi connectivity index (χ2n) is 6.29. The van der Waals surface area contributed by atoms with Crippen molar-refractivity contribution in [3.05, 3.63) is 65.2 Å². The highest BCUT2D eigenvalue weighted by Gasteiger charge is 2.21. The van der Waals surface area contributed by atoms with E-state index in [9.17, 15) is 9.59 Å². The highest BCUT2D eigenvalue weighted by molar-refractivity contribution is 5.98. The molecule has 25 heavy (non-hydrogen) atoms. The Labute approximate surface area is 150 Å². The fraction of sp³-hybridized carbons (Fsp3) is 0.333. The standard InChI is InChI=1S/C21H26N2O2/c1-5-22(14-19-9-7-6-8-10-19)21(25)15-23(18(4)24)20-13-16(2)11-12-17(20)3/h6-13H,5,14-15H2,1-4H3. The Balaban J connectivity index is 2.19. The number of nitrogens with zero attached hydrogens (tertiary/aromatic N) is 2. The van der Waals surface area contributed by atoms with E-state index in [4.69, 9.17) is 0 Å². The zero-order valence-electron chi connectivity index (χ0n) is 15.5. The molecule has 4 heteroatoms. The molecule has 2 aromatic rings. The Morgan fingerprint density at radius 2 is 1.68 bits per heavy atom. The Morgan fingerprint density at radius 1 is 1.00 bits per heavy atom. The van der Waals surface area contributed by atoms with Gasteiger partial charge in [0.05, 0.1) is 0 Å². The third kappa shape index (κ3) is 4.92. The molecule has 0 aliphatic carbocycles. The molecule has 0 N–H and O–H groups in total. The maximum Gasteiger partial charge on any atom is 0.242 e. The van der Waals surface area contributed by atoms with Crippen LogP contribution in [0.25, 0.3) is 0 Å². The zero-order chi connectivity index (χ0) is 18.4. The van der Waals surface area contributed by atoms with Gasteiger partial charge in [0, 0.05) is 25.7 Å². The topological polar surface area (TPSA) is 40.6 Å². The van der Waals surface area contributed by atoms with Crippen LogP contribution in [0.3, 0.4) is 0 Å². The summed E-state index contributed by atoms with van der Waals surface area (Å²) in [4.78, 5) is 28.3. The van der Waals surface area contributed by atoms with Crippen molar-refractivity contribution in [1.29, 1.82) is 0 Å². The van der Waals surface area contributed by atoms with Gasteiger partial charge in [0.25, 0.3) is 0 Å². The third-order valence-corrected chi connectivity index (χ3v) is 4.28. The average Bonchev–Trinajstić information content (AvgIpc) is 2.60. The largest absolute Gasteiger partial charge is 0.337 e. The molecular formula is C21H26N2O2. The van der Waals surface area contributed by atoms with E-state index >= 15 is 0 Å². The predicted molar refractivity (Wildman–Crippen MR) is 101 cm³/mol. The summed E-state index contributed by atoms with van der Waals surface area (Å²) in [6.45, 7) is 8.61. The van der Waals surface area contributed by atoms with E-state index in [1.165, 1.54) is 6.92 Å². The zero-order valence-corrected chi connectivity index (χ0v) is 15.5. The normalized spacial score (nSPS) is 10.4. The minimum absolute atomic E-state index is 0.0533. The molecular weight excluding hydrogens is 312 g/mol. The van der Waals surface area contributed by atoms with Crippen molar-refractivity contribution >= 4 is 17.5 Å². The molecule has 132 valence electrons. The van der Waals surface area contributed by atoms with E-state index in [1.807, 2.05) is 69.3 Å². The number of hydrogen-bond donors (Lipinski definition) is 0. The molecule has 0 aliphatic rings. The van der Waals surface area contributed by atoms with Crippen LogP contribution >= 0.6 is 0 Å². The van der Waals surface area contributed by atoms with E-state index < -0.39 is 0 Å². The van der Waals surface area contributed by atoms with Crippen LogP contribution in [0.15, 0.2) is 48.5 Å². The van der Waals surface area contributed by atoms with Crippen molar-refractivity contribution in [3.63, 3.8) is 0 Å². The molecule has 2 aromatic carbocycles. The maximum absolute atomic E-state index is 12.8. The van der Waals surface area contributed by atoms with Gasteiger partial charge in [-0.25, -0.2) is 0 Å². The molecule has 0 radical (unpaired) electrons. The van der Waals surface area contributed by atoms with Crippen molar-refractivity contribution < 1.29 is 9.59 Å². The molecule has 0 spiro atoms. The van der Waals surface area contributed by atoms with Crippen molar-refractivity contribution in [1.82, 2.24) is 4.90 Å². The van der Waals surface area contributed by atoms with E-state index in [0.29, 0.717) is 13.1 Å². The SMILES string of the molecule is CCN(Cc1ccccc1)C(=O)CN(C(C)=O)c1cc(C)ccc1C. The van der Waals surface area contributed by atoms with Crippen LogP contribution in [0.5, 0.6) is 0 Å². The number of amides is 2. The first-order chi connectivity index (χ1) is 11.9. The second-order valence-corrected chi connectivity index (χ2v) is 6.29. The van der Waals surface area contributed by atoms with Crippen LogP contribution in [0.4, 0.5) is 5.69 Å². The lowest BCUT2D eigenvalue weighted by atomic mass is 10.1. The van der Waals surface area contributed by atoms with Gasteiger partial charge >= 0.3 is 0 Å². The average molecular weight is 338 g/mol. The third-order valence-electron chi connectivity index (χ3n) is 4.28. The first-order valence-electron chi connectivity index (χ1n) is 8.59. The van der Waals surface area contributed by atoms with Crippen LogP contribution in [0.1, 0.15) is 30.5 Å². The molecule has 0 heterocycles. The molecule has 4 nitrogen and oxygen atoms in total. The Hall–Kier alpha value is -2.62. The molecule has 2 rings (SSSR count). The summed E-state index contributed by atoms with van der Waals surface area (Å²) >= 11 is 0. The Bertz CT molecular complexity index is 741. The summed E-state index contributed by atoms with van der Waals surface area (Å²) in [5, 5.41) is 0. The fourth-order valence-electron chi connectivity index (χ4n) is 2.79.